The molecule has 0 aliphatic heterocycles. The number of rotatable bonds is 5. The van der Waals surface area contributed by atoms with Gasteiger partial charge < -0.3 is 10.8 Å². The van der Waals surface area contributed by atoms with E-state index in [-0.39, 0.29) is 11.6 Å². The number of hydrogen-bond acceptors (Lipinski definition) is 5. The quantitative estimate of drug-likeness (QED) is 0.692. The molecule has 3 rings (SSSR count). The first kappa shape index (κ1) is 16.0. The Morgan fingerprint density at radius 3 is 1.92 bits per heavy atom. The summed E-state index contributed by atoms with van der Waals surface area (Å²) in [6, 6.07) is 19.3. The molecule has 5 nitrogen and oxygen atoms in total. The SMILES string of the molecule is Nc1nc(-c2ccccc2)c(-c2ccccc2)nc1SCC(=O)O. The smallest absolute Gasteiger partial charge is 0.313 e. The number of aromatic nitrogens is 2. The molecular formula is C18H15N3O2S. The average molecular weight is 337 g/mol. The highest BCUT2D eigenvalue weighted by atomic mass is 32.2. The van der Waals surface area contributed by atoms with Crippen LogP contribution >= 0.6 is 11.8 Å². The van der Waals surface area contributed by atoms with E-state index in [1.165, 1.54) is 0 Å². The Balaban J connectivity index is 2.14. The van der Waals surface area contributed by atoms with Crippen LogP contribution in [0.15, 0.2) is 65.7 Å². The van der Waals surface area contributed by atoms with Gasteiger partial charge in [0.15, 0.2) is 5.82 Å². The molecule has 0 amide bonds. The van der Waals surface area contributed by atoms with Gasteiger partial charge in [-0.05, 0) is 0 Å². The zero-order chi connectivity index (χ0) is 16.9. The normalized spacial score (nSPS) is 10.5. The maximum atomic E-state index is 10.8. The van der Waals surface area contributed by atoms with Gasteiger partial charge in [-0.3, -0.25) is 4.79 Å². The summed E-state index contributed by atoms with van der Waals surface area (Å²) in [5, 5.41) is 9.30. The number of hydrogen-bond donors (Lipinski definition) is 2. The van der Waals surface area contributed by atoms with Crippen LogP contribution in [0.3, 0.4) is 0 Å². The number of anilines is 1. The molecule has 0 aliphatic carbocycles. The van der Waals surface area contributed by atoms with Crippen molar-refractivity contribution in [2.75, 3.05) is 11.5 Å². The summed E-state index contributed by atoms with van der Waals surface area (Å²) in [6.45, 7) is 0. The van der Waals surface area contributed by atoms with Gasteiger partial charge in [-0.15, -0.1) is 0 Å². The Morgan fingerprint density at radius 2 is 1.42 bits per heavy atom. The van der Waals surface area contributed by atoms with Crippen LogP contribution in [0, 0.1) is 0 Å². The number of nitrogen functional groups attached to an aromatic ring is 1. The van der Waals surface area contributed by atoms with E-state index in [2.05, 4.69) is 9.97 Å². The summed E-state index contributed by atoms with van der Waals surface area (Å²) in [6.07, 6.45) is 0. The van der Waals surface area contributed by atoms with Crippen molar-refractivity contribution in [2.45, 2.75) is 5.03 Å². The number of nitrogens with zero attached hydrogens (tertiary/aromatic N) is 2. The van der Waals surface area contributed by atoms with Crippen molar-refractivity contribution < 1.29 is 9.90 Å². The van der Waals surface area contributed by atoms with Crippen LogP contribution in [0.25, 0.3) is 22.5 Å². The predicted octanol–water partition coefficient (Wildman–Crippen LogP) is 3.57. The van der Waals surface area contributed by atoms with Crippen LogP contribution in [0.1, 0.15) is 0 Å². The van der Waals surface area contributed by atoms with E-state index in [4.69, 9.17) is 10.8 Å². The molecule has 6 heteroatoms. The zero-order valence-corrected chi connectivity index (χ0v) is 13.5. The number of carbonyl (C=O) groups is 1. The maximum Gasteiger partial charge on any atom is 0.313 e. The zero-order valence-electron chi connectivity index (χ0n) is 12.7. The second-order valence-corrected chi connectivity index (χ2v) is 5.99. The lowest BCUT2D eigenvalue weighted by molar-refractivity contribution is -0.133. The van der Waals surface area contributed by atoms with Crippen LogP contribution in [0.5, 0.6) is 0 Å². The Bertz CT molecular complexity index is 855. The largest absolute Gasteiger partial charge is 0.481 e. The van der Waals surface area contributed by atoms with E-state index >= 15 is 0 Å². The summed E-state index contributed by atoms with van der Waals surface area (Å²) >= 11 is 1.07. The Morgan fingerprint density at radius 1 is 0.917 bits per heavy atom. The molecule has 0 radical (unpaired) electrons. The summed E-state index contributed by atoms with van der Waals surface area (Å²) < 4.78 is 0. The van der Waals surface area contributed by atoms with Crippen LogP contribution < -0.4 is 5.73 Å². The van der Waals surface area contributed by atoms with Crippen molar-refractivity contribution in [3.8, 4) is 22.5 Å². The van der Waals surface area contributed by atoms with E-state index < -0.39 is 5.97 Å². The number of carboxylic acid groups (broad SMARTS) is 1. The third kappa shape index (κ3) is 3.55. The molecule has 0 unspecified atom stereocenters. The van der Waals surface area contributed by atoms with Gasteiger partial charge in [-0.1, -0.05) is 72.4 Å². The molecule has 1 aromatic heterocycles. The Hall–Kier alpha value is -2.86. The summed E-state index contributed by atoms with van der Waals surface area (Å²) in [4.78, 5) is 19.9. The number of carboxylic acids is 1. The predicted molar refractivity (Wildman–Crippen MR) is 95.7 cm³/mol. The third-order valence-corrected chi connectivity index (χ3v) is 4.28. The van der Waals surface area contributed by atoms with Crippen molar-refractivity contribution in [1.29, 1.82) is 0 Å². The lowest BCUT2D eigenvalue weighted by Gasteiger charge is -2.12. The molecule has 3 aromatic rings. The molecule has 0 atom stereocenters. The third-order valence-electron chi connectivity index (χ3n) is 3.32. The van der Waals surface area contributed by atoms with Gasteiger partial charge in [0.25, 0.3) is 0 Å². The first-order chi connectivity index (χ1) is 11.6. The van der Waals surface area contributed by atoms with Crippen molar-refractivity contribution in [3.05, 3.63) is 60.7 Å². The highest BCUT2D eigenvalue weighted by Crippen LogP contribution is 2.33. The van der Waals surface area contributed by atoms with Gasteiger partial charge in [-0.2, -0.15) is 0 Å². The highest BCUT2D eigenvalue weighted by Gasteiger charge is 2.16. The second-order valence-electron chi connectivity index (χ2n) is 5.03. The van der Waals surface area contributed by atoms with Gasteiger partial charge in [0.05, 0.1) is 17.1 Å². The minimum absolute atomic E-state index is 0.113. The van der Waals surface area contributed by atoms with Gasteiger partial charge in [0, 0.05) is 11.1 Å². The fourth-order valence-electron chi connectivity index (χ4n) is 2.26. The summed E-state index contributed by atoms with van der Waals surface area (Å²) in [7, 11) is 0. The number of nitrogens with two attached hydrogens (primary N) is 1. The Kier molecular flexibility index (Phi) is 4.77. The van der Waals surface area contributed by atoms with Gasteiger partial charge >= 0.3 is 5.97 Å². The number of aliphatic carboxylic acids is 1. The first-order valence-electron chi connectivity index (χ1n) is 7.28. The summed E-state index contributed by atoms with van der Waals surface area (Å²) in [5.74, 6) is -0.799. The van der Waals surface area contributed by atoms with Crippen LogP contribution in [0.2, 0.25) is 0 Å². The van der Waals surface area contributed by atoms with Crippen molar-refractivity contribution >= 4 is 23.5 Å². The molecule has 120 valence electrons. The molecule has 0 fully saturated rings. The standard InChI is InChI=1S/C18H15N3O2S/c19-17-18(24-11-14(22)23)21-16(13-9-5-2-6-10-13)15(20-17)12-7-3-1-4-8-12/h1-10H,11H2,(H2,19,20)(H,22,23). The first-order valence-corrected chi connectivity index (χ1v) is 8.26. The molecule has 0 aliphatic rings. The Labute approximate surface area is 143 Å². The van der Waals surface area contributed by atoms with Crippen LogP contribution in [-0.2, 0) is 4.79 Å². The average Bonchev–Trinajstić information content (AvgIpc) is 2.62. The van der Waals surface area contributed by atoms with Crippen LogP contribution in [-0.4, -0.2) is 26.8 Å². The monoisotopic (exact) mass is 337 g/mol. The second kappa shape index (κ2) is 7.14. The van der Waals surface area contributed by atoms with Gasteiger partial charge in [-0.25, -0.2) is 9.97 Å². The molecule has 0 spiro atoms. The van der Waals surface area contributed by atoms with E-state index in [1.54, 1.807) is 0 Å². The van der Waals surface area contributed by atoms with E-state index in [1.807, 2.05) is 60.7 Å². The highest BCUT2D eigenvalue weighted by molar-refractivity contribution is 8.00. The molecule has 24 heavy (non-hydrogen) atoms. The molecule has 2 aromatic carbocycles. The van der Waals surface area contributed by atoms with Gasteiger partial charge in [0.1, 0.15) is 5.03 Å². The molecule has 0 saturated heterocycles. The molecule has 1 heterocycles. The number of benzene rings is 2. The van der Waals surface area contributed by atoms with E-state index in [0.29, 0.717) is 16.4 Å². The van der Waals surface area contributed by atoms with E-state index in [0.717, 1.165) is 22.9 Å². The minimum atomic E-state index is -0.922. The summed E-state index contributed by atoms with van der Waals surface area (Å²) in [5.41, 5.74) is 9.18. The maximum absolute atomic E-state index is 10.8. The van der Waals surface area contributed by atoms with Crippen molar-refractivity contribution in [2.24, 2.45) is 0 Å². The molecule has 3 N–H and O–H groups in total. The minimum Gasteiger partial charge on any atom is -0.481 e. The fourth-order valence-corrected chi connectivity index (χ4v) is 2.87. The van der Waals surface area contributed by atoms with Crippen molar-refractivity contribution in [1.82, 2.24) is 9.97 Å². The van der Waals surface area contributed by atoms with Crippen LogP contribution in [0.4, 0.5) is 5.82 Å². The molecular weight excluding hydrogens is 322 g/mol. The lowest BCUT2D eigenvalue weighted by Crippen LogP contribution is -2.04. The fraction of sp³-hybridized carbons (Fsp3) is 0.0556. The number of thioether (sulfide) groups is 1. The molecule has 0 bridgehead atoms. The van der Waals surface area contributed by atoms with E-state index in [9.17, 15) is 4.79 Å². The lowest BCUT2D eigenvalue weighted by atomic mass is 10.0. The van der Waals surface area contributed by atoms with Gasteiger partial charge in [0.2, 0.25) is 0 Å². The topological polar surface area (TPSA) is 89.1 Å². The van der Waals surface area contributed by atoms with Crippen molar-refractivity contribution in [3.63, 3.8) is 0 Å². The molecule has 0 saturated carbocycles.